The van der Waals surface area contributed by atoms with Gasteiger partial charge in [0.15, 0.2) is 0 Å². The highest BCUT2D eigenvalue weighted by molar-refractivity contribution is 9.10. The Bertz CT molecular complexity index is 781. The molecule has 0 atom stereocenters. The van der Waals surface area contributed by atoms with Gasteiger partial charge in [-0.2, -0.15) is 0 Å². The lowest BCUT2D eigenvalue weighted by Gasteiger charge is -2.10. The van der Waals surface area contributed by atoms with Crippen molar-refractivity contribution in [3.8, 4) is 5.75 Å². The molecule has 8 heteroatoms. The Balaban J connectivity index is 2.32. The van der Waals surface area contributed by atoms with Crippen molar-refractivity contribution in [2.24, 2.45) is 0 Å². The third kappa shape index (κ3) is 3.91. The van der Waals surface area contributed by atoms with E-state index in [4.69, 9.17) is 16.3 Å². The van der Waals surface area contributed by atoms with Gasteiger partial charge in [-0.05, 0) is 68.3 Å². The molecule has 0 unspecified atom stereocenters. The normalized spacial score (nSPS) is 11.2. The minimum absolute atomic E-state index is 0.116. The summed E-state index contributed by atoms with van der Waals surface area (Å²) in [5.74, 6) is 0.618. The molecule has 0 aliphatic carbocycles. The minimum atomic E-state index is -3.69. The Morgan fingerprint density at radius 1 is 1.10 bits per heavy atom. The van der Waals surface area contributed by atoms with Gasteiger partial charge in [-0.15, -0.1) is 0 Å². The maximum Gasteiger partial charge on any atom is 0.261 e. The number of nitrogens with one attached hydrogen (secondary N) is 1. The van der Waals surface area contributed by atoms with Crippen LogP contribution in [0.25, 0.3) is 0 Å². The number of methoxy groups -OCH3 is 1. The molecule has 21 heavy (non-hydrogen) atoms. The van der Waals surface area contributed by atoms with Crippen molar-refractivity contribution in [2.45, 2.75) is 4.90 Å². The van der Waals surface area contributed by atoms with Gasteiger partial charge >= 0.3 is 0 Å². The van der Waals surface area contributed by atoms with Crippen molar-refractivity contribution in [3.05, 3.63) is 50.4 Å². The molecule has 2 rings (SSSR count). The lowest BCUT2D eigenvalue weighted by molar-refractivity contribution is 0.412. The van der Waals surface area contributed by atoms with E-state index in [0.29, 0.717) is 25.4 Å². The molecule has 0 radical (unpaired) electrons. The van der Waals surface area contributed by atoms with Crippen molar-refractivity contribution in [3.63, 3.8) is 0 Å². The van der Waals surface area contributed by atoms with Crippen LogP contribution in [0.1, 0.15) is 0 Å². The number of sulfonamides is 1. The fourth-order valence-electron chi connectivity index (χ4n) is 1.59. The standard InChI is InChI=1S/C13H10Br2ClNO3S/c1-20-13-5-2-8(6-11(13)15)17-21(18,19)9-3-4-12(16)10(14)7-9/h2-7,17H,1H3. The first kappa shape index (κ1) is 16.6. The van der Waals surface area contributed by atoms with Gasteiger partial charge in [0.25, 0.3) is 10.0 Å². The Labute approximate surface area is 144 Å². The molecule has 2 aromatic carbocycles. The van der Waals surface area contributed by atoms with Crippen molar-refractivity contribution in [2.75, 3.05) is 11.8 Å². The van der Waals surface area contributed by atoms with E-state index in [0.717, 1.165) is 0 Å². The van der Waals surface area contributed by atoms with Gasteiger partial charge in [-0.25, -0.2) is 8.42 Å². The van der Waals surface area contributed by atoms with Crippen LogP contribution in [-0.4, -0.2) is 15.5 Å². The van der Waals surface area contributed by atoms with Crippen LogP contribution in [0.15, 0.2) is 50.2 Å². The van der Waals surface area contributed by atoms with Gasteiger partial charge in [-0.1, -0.05) is 11.6 Å². The number of hydrogen-bond donors (Lipinski definition) is 1. The van der Waals surface area contributed by atoms with Crippen molar-refractivity contribution >= 4 is 59.2 Å². The van der Waals surface area contributed by atoms with Gasteiger partial charge in [0.1, 0.15) is 5.75 Å². The summed E-state index contributed by atoms with van der Waals surface area (Å²) in [6, 6.07) is 9.31. The Morgan fingerprint density at radius 3 is 2.38 bits per heavy atom. The van der Waals surface area contributed by atoms with E-state index in [2.05, 4.69) is 36.6 Å². The molecule has 4 nitrogen and oxygen atoms in total. The van der Waals surface area contributed by atoms with Crippen molar-refractivity contribution < 1.29 is 13.2 Å². The molecule has 0 saturated heterocycles. The van der Waals surface area contributed by atoms with Gasteiger partial charge in [0.2, 0.25) is 0 Å². The first-order chi connectivity index (χ1) is 9.83. The average molecular weight is 456 g/mol. The minimum Gasteiger partial charge on any atom is -0.496 e. The number of benzene rings is 2. The smallest absolute Gasteiger partial charge is 0.261 e. The third-order valence-corrected chi connectivity index (χ3v) is 5.82. The molecule has 112 valence electrons. The molecule has 1 N–H and O–H groups in total. The number of halogens is 3. The molecule has 0 aliphatic heterocycles. The Hall–Kier alpha value is -0.760. The van der Waals surface area contributed by atoms with Crippen LogP contribution in [0.4, 0.5) is 5.69 Å². The van der Waals surface area contributed by atoms with Gasteiger partial charge < -0.3 is 4.74 Å². The Kier molecular flexibility index (Phi) is 5.19. The lowest BCUT2D eigenvalue weighted by atomic mass is 10.3. The van der Waals surface area contributed by atoms with Crippen molar-refractivity contribution in [1.82, 2.24) is 0 Å². The van der Waals surface area contributed by atoms with E-state index in [-0.39, 0.29) is 4.90 Å². The fraction of sp³-hybridized carbons (Fsp3) is 0.0769. The van der Waals surface area contributed by atoms with Crippen LogP contribution >= 0.6 is 43.5 Å². The van der Waals surface area contributed by atoms with Crippen LogP contribution in [0, 0.1) is 0 Å². The molecule has 0 bridgehead atoms. The van der Waals surface area contributed by atoms with Crippen LogP contribution in [0.5, 0.6) is 5.75 Å². The number of anilines is 1. The molecule has 0 amide bonds. The highest BCUT2D eigenvalue weighted by Gasteiger charge is 2.16. The second-order valence-electron chi connectivity index (χ2n) is 4.03. The largest absolute Gasteiger partial charge is 0.496 e. The van der Waals surface area contributed by atoms with E-state index in [1.165, 1.54) is 25.3 Å². The molecule has 2 aromatic rings. The van der Waals surface area contributed by atoms with Crippen molar-refractivity contribution in [1.29, 1.82) is 0 Å². The summed E-state index contributed by atoms with van der Waals surface area (Å²) in [5.41, 5.74) is 0.425. The lowest BCUT2D eigenvalue weighted by Crippen LogP contribution is -2.13. The predicted molar refractivity (Wildman–Crippen MR) is 90.7 cm³/mol. The molecule has 0 aliphatic rings. The van der Waals surface area contributed by atoms with E-state index in [1.807, 2.05) is 0 Å². The number of rotatable bonds is 4. The molecular formula is C13H10Br2ClNO3S. The molecule has 0 aromatic heterocycles. The number of hydrogen-bond acceptors (Lipinski definition) is 3. The second kappa shape index (κ2) is 6.56. The first-order valence-corrected chi connectivity index (χ1v) is 9.09. The highest BCUT2D eigenvalue weighted by atomic mass is 79.9. The summed E-state index contributed by atoms with van der Waals surface area (Å²) < 4.78 is 33.4. The fourth-order valence-corrected chi connectivity index (χ4v) is 3.85. The van der Waals surface area contributed by atoms with Gasteiger partial charge in [0, 0.05) is 4.47 Å². The van der Waals surface area contributed by atoms with E-state index in [9.17, 15) is 8.42 Å². The summed E-state index contributed by atoms with van der Waals surface area (Å²) in [4.78, 5) is 0.116. The summed E-state index contributed by atoms with van der Waals surface area (Å²) in [6.45, 7) is 0. The molecular weight excluding hydrogens is 445 g/mol. The maximum atomic E-state index is 12.3. The van der Waals surface area contributed by atoms with E-state index >= 15 is 0 Å². The molecule has 0 heterocycles. The SMILES string of the molecule is COc1ccc(NS(=O)(=O)c2ccc(Cl)c(Br)c2)cc1Br. The zero-order chi connectivity index (χ0) is 15.6. The zero-order valence-corrected chi connectivity index (χ0v) is 15.5. The van der Waals surface area contributed by atoms with E-state index < -0.39 is 10.0 Å². The first-order valence-electron chi connectivity index (χ1n) is 5.65. The third-order valence-electron chi connectivity index (χ3n) is 2.61. The van der Waals surface area contributed by atoms with Crippen LogP contribution in [-0.2, 0) is 10.0 Å². The highest BCUT2D eigenvalue weighted by Crippen LogP contribution is 2.30. The molecule has 0 saturated carbocycles. The number of ether oxygens (including phenoxy) is 1. The summed E-state index contributed by atoms with van der Waals surface area (Å²) in [6.07, 6.45) is 0. The summed E-state index contributed by atoms with van der Waals surface area (Å²) in [5, 5.41) is 0.446. The Morgan fingerprint density at radius 2 is 1.81 bits per heavy atom. The summed E-state index contributed by atoms with van der Waals surface area (Å²) >= 11 is 12.4. The predicted octanol–water partition coefficient (Wildman–Crippen LogP) is 4.67. The molecule has 0 fully saturated rings. The summed E-state index contributed by atoms with van der Waals surface area (Å²) in [7, 11) is -2.15. The van der Waals surface area contributed by atoms with Crippen LogP contribution in [0.3, 0.4) is 0 Å². The van der Waals surface area contributed by atoms with Gasteiger partial charge in [0.05, 0.1) is 27.2 Å². The van der Waals surface area contributed by atoms with Gasteiger partial charge in [-0.3, -0.25) is 4.72 Å². The topological polar surface area (TPSA) is 55.4 Å². The van der Waals surface area contributed by atoms with Crippen LogP contribution in [0.2, 0.25) is 5.02 Å². The van der Waals surface area contributed by atoms with E-state index in [1.54, 1.807) is 18.2 Å². The maximum absolute atomic E-state index is 12.3. The molecule has 0 spiro atoms. The quantitative estimate of drug-likeness (QED) is 0.729. The second-order valence-corrected chi connectivity index (χ2v) is 7.83. The average Bonchev–Trinajstić information content (AvgIpc) is 2.41. The monoisotopic (exact) mass is 453 g/mol. The zero-order valence-electron chi connectivity index (χ0n) is 10.7. The van der Waals surface area contributed by atoms with Crippen LogP contribution < -0.4 is 9.46 Å².